The molecule has 110 valence electrons. The van der Waals surface area contributed by atoms with Gasteiger partial charge in [0.1, 0.15) is 0 Å². The van der Waals surface area contributed by atoms with Crippen molar-refractivity contribution in [3.8, 4) is 0 Å². The summed E-state index contributed by atoms with van der Waals surface area (Å²) in [5.74, 6) is -1.08. The average Bonchev–Trinajstić information content (AvgIpc) is 2.35. The van der Waals surface area contributed by atoms with E-state index < -0.39 is 11.4 Å². The van der Waals surface area contributed by atoms with Gasteiger partial charge in [-0.2, -0.15) is 0 Å². The second-order valence-electron chi connectivity index (χ2n) is 5.66. The molecule has 5 nitrogen and oxygen atoms in total. The molecular formula is C15H22N2O3. The van der Waals surface area contributed by atoms with Crippen molar-refractivity contribution in [3.63, 3.8) is 0 Å². The quantitative estimate of drug-likeness (QED) is 0.691. The summed E-state index contributed by atoms with van der Waals surface area (Å²) < 4.78 is 0. The number of amides is 1. The van der Waals surface area contributed by atoms with Gasteiger partial charge < -0.3 is 16.2 Å². The van der Waals surface area contributed by atoms with Crippen LogP contribution in [-0.2, 0) is 15.0 Å². The molecule has 0 spiro atoms. The number of carbonyl (C=O) groups is 2. The highest BCUT2D eigenvalue weighted by molar-refractivity contribution is 5.87. The van der Waals surface area contributed by atoms with E-state index in [4.69, 9.17) is 10.8 Å². The third kappa shape index (κ3) is 4.26. The molecule has 0 heterocycles. The lowest BCUT2D eigenvalue weighted by atomic mass is 9.83. The van der Waals surface area contributed by atoms with E-state index in [0.717, 1.165) is 5.56 Å². The molecule has 0 aromatic heterocycles. The molecule has 1 atom stereocenters. The normalized spacial score (nSPS) is 12.8. The van der Waals surface area contributed by atoms with Crippen LogP contribution in [0.2, 0.25) is 0 Å². The van der Waals surface area contributed by atoms with Gasteiger partial charge in [0.15, 0.2) is 0 Å². The van der Waals surface area contributed by atoms with Crippen LogP contribution in [0.25, 0.3) is 0 Å². The van der Waals surface area contributed by atoms with Crippen molar-refractivity contribution in [1.82, 2.24) is 5.32 Å². The Morgan fingerprint density at radius 3 is 2.35 bits per heavy atom. The zero-order chi connectivity index (χ0) is 15.3. The predicted octanol–water partition coefficient (Wildman–Crippen LogP) is 1.77. The van der Waals surface area contributed by atoms with Gasteiger partial charge in [0.2, 0.25) is 5.91 Å². The molecule has 20 heavy (non-hydrogen) atoms. The van der Waals surface area contributed by atoms with E-state index >= 15 is 0 Å². The molecule has 1 aromatic rings. The molecular weight excluding hydrogens is 256 g/mol. The number of nitrogen functional groups attached to an aromatic ring is 1. The molecule has 1 unspecified atom stereocenters. The van der Waals surface area contributed by atoms with Gasteiger partial charge in [-0.15, -0.1) is 0 Å². The molecule has 0 aliphatic heterocycles. The van der Waals surface area contributed by atoms with Crippen LogP contribution in [-0.4, -0.2) is 23.5 Å². The first kappa shape index (κ1) is 16.0. The van der Waals surface area contributed by atoms with Crippen molar-refractivity contribution in [2.75, 3.05) is 12.3 Å². The number of hydrogen-bond acceptors (Lipinski definition) is 3. The number of nitrogens with one attached hydrogen (secondary N) is 1. The van der Waals surface area contributed by atoms with Crippen molar-refractivity contribution < 1.29 is 14.7 Å². The summed E-state index contributed by atoms with van der Waals surface area (Å²) in [5, 5.41) is 11.5. The summed E-state index contributed by atoms with van der Waals surface area (Å²) in [5.41, 5.74) is 6.47. The van der Waals surface area contributed by atoms with Crippen LogP contribution in [0.4, 0.5) is 5.69 Å². The molecule has 5 heteroatoms. The highest BCUT2D eigenvalue weighted by Crippen LogP contribution is 2.24. The first-order chi connectivity index (χ1) is 9.23. The van der Waals surface area contributed by atoms with Gasteiger partial charge in [-0.25, -0.2) is 0 Å². The minimum absolute atomic E-state index is 0.0442. The van der Waals surface area contributed by atoms with Crippen LogP contribution in [0.3, 0.4) is 0 Å². The Bertz CT molecular complexity index is 480. The number of carboxylic acid groups (broad SMARTS) is 1. The number of anilines is 1. The summed E-state index contributed by atoms with van der Waals surface area (Å²) in [6.07, 6.45) is 0.0442. The lowest BCUT2D eigenvalue weighted by molar-refractivity contribution is -0.138. The lowest BCUT2D eigenvalue weighted by Crippen LogP contribution is -2.42. The third-order valence-corrected chi connectivity index (χ3v) is 3.33. The fourth-order valence-electron chi connectivity index (χ4n) is 1.89. The maximum Gasteiger partial charge on any atom is 0.303 e. The van der Waals surface area contributed by atoms with Crippen molar-refractivity contribution in [3.05, 3.63) is 29.8 Å². The van der Waals surface area contributed by atoms with Gasteiger partial charge in [-0.3, -0.25) is 9.59 Å². The summed E-state index contributed by atoms with van der Waals surface area (Å²) in [4.78, 5) is 22.8. The molecule has 0 fully saturated rings. The van der Waals surface area contributed by atoms with E-state index in [-0.39, 0.29) is 18.2 Å². The highest BCUT2D eigenvalue weighted by Gasteiger charge is 2.29. The van der Waals surface area contributed by atoms with Gasteiger partial charge in [-0.1, -0.05) is 19.1 Å². The van der Waals surface area contributed by atoms with E-state index in [1.807, 2.05) is 26.0 Å². The zero-order valence-electron chi connectivity index (χ0n) is 12.1. The SMILES string of the molecule is CC(CNC(=O)C(C)(C)c1ccc(N)cc1)CC(=O)O. The second-order valence-corrected chi connectivity index (χ2v) is 5.66. The van der Waals surface area contributed by atoms with E-state index in [0.29, 0.717) is 12.2 Å². The molecule has 0 aliphatic rings. The summed E-state index contributed by atoms with van der Waals surface area (Å²) in [6, 6.07) is 7.18. The average molecular weight is 278 g/mol. The molecule has 0 saturated heterocycles. The standard InChI is InChI=1S/C15H22N2O3/c1-10(8-13(18)19)9-17-14(20)15(2,3)11-4-6-12(16)7-5-11/h4-7,10H,8-9,16H2,1-3H3,(H,17,20)(H,18,19). The number of hydrogen-bond donors (Lipinski definition) is 3. The number of carboxylic acids is 1. The maximum absolute atomic E-state index is 12.3. The fourth-order valence-corrected chi connectivity index (χ4v) is 1.89. The lowest BCUT2D eigenvalue weighted by Gasteiger charge is -2.25. The number of nitrogens with two attached hydrogens (primary N) is 1. The predicted molar refractivity (Wildman–Crippen MR) is 78.3 cm³/mol. The summed E-state index contributed by atoms with van der Waals surface area (Å²) in [7, 11) is 0. The molecule has 4 N–H and O–H groups in total. The molecule has 0 radical (unpaired) electrons. The van der Waals surface area contributed by atoms with Crippen molar-refractivity contribution >= 4 is 17.6 Å². The number of carbonyl (C=O) groups excluding carboxylic acids is 1. The van der Waals surface area contributed by atoms with Gasteiger partial charge >= 0.3 is 5.97 Å². The minimum atomic E-state index is -0.857. The Balaban J connectivity index is 2.65. The van der Waals surface area contributed by atoms with Gasteiger partial charge in [0, 0.05) is 18.7 Å². The Morgan fingerprint density at radius 1 is 1.30 bits per heavy atom. The number of benzene rings is 1. The smallest absolute Gasteiger partial charge is 0.303 e. The highest BCUT2D eigenvalue weighted by atomic mass is 16.4. The van der Waals surface area contributed by atoms with E-state index in [1.54, 1.807) is 19.1 Å². The van der Waals surface area contributed by atoms with Crippen LogP contribution in [0.15, 0.2) is 24.3 Å². The van der Waals surface area contributed by atoms with Gasteiger partial charge in [0.25, 0.3) is 0 Å². The van der Waals surface area contributed by atoms with E-state index in [9.17, 15) is 9.59 Å². The first-order valence-corrected chi connectivity index (χ1v) is 6.59. The summed E-state index contributed by atoms with van der Waals surface area (Å²) in [6.45, 7) is 5.81. The maximum atomic E-state index is 12.3. The zero-order valence-corrected chi connectivity index (χ0v) is 12.1. The van der Waals surface area contributed by atoms with Crippen LogP contribution < -0.4 is 11.1 Å². The van der Waals surface area contributed by atoms with Crippen molar-refractivity contribution in [2.24, 2.45) is 5.92 Å². The largest absolute Gasteiger partial charge is 0.481 e. The Kier molecular flexibility index (Phi) is 5.13. The molecule has 0 saturated carbocycles. The van der Waals surface area contributed by atoms with E-state index in [2.05, 4.69) is 5.32 Å². The molecule has 1 rings (SSSR count). The van der Waals surface area contributed by atoms with Crippen molar-refractivity contribution in [2.45, 2.75) is 32.6 Å². The number of rotatable bonds is 6. The van der Waals surface area contributed by atoms with Crippen LogP contribution in [0, 0.1) is 5.92 Å². The Morgan fingerprint density at radius 2 is 1.85 bits per heavy atom. The number of aliphatic carboxylic acids is 1. The van der Waals surface area contributed by atoms with Gasteiger partial charge in [0.05, 0.1) is 5.41 Å². The van der Waals surface area contributed by atoms with Gasteiger partial charge in [-0.05, 0) is 37.5 Å². The Labute approximate surface area is 119 Å². The third-order valence-electron chi connectivity index (χ3n) is 3.33. The first-order valence-electron chi connectivity index (χ1n) is 6.59. The molecule has 1 amide bonds. The minimum Gasteiger partial charge on any atom is -0.481 e. The van der Waals surface area contributed by atoms with Crippen molar-refractivity contribution in [1.29, 1.82) is 0 Å². The van der Waals surface area contributed by atoms with Crippen LogP contribution in [0.1, 0.15) is 32.8 Å². The fraction of sp³-hybridized carbons (Fsp3) is 0.467. The van der Waals surface area contributed by atoms with E-state index in [1.165, 1.54) is 0 Å². The molecule has 0 bridgehead atoms. The van der Waals surface area contributed by atoms with Crippen LogP contribution >= 0.6 is 0 Å². The molecule has 0 aliphatic carbocycles. The second kappa shape index (κ2) is 6.41. The topological polar surface area (TPSA) is 92.4 Å². The molecule has 1 aromatic carbocycles. The summed E-state index contributed by atoms with van der Waals surface area (Å²) >= 11 is 0. The monoisotopic (exact) mass is 278 g/mol. The van der Waals surface area contributed by atoms with Crippen LogP contribution in [0.5, 0.6) is 0 Å². The Hall–Kier alpha value is -2.04.